The standard InChI is InChI=1S/C23H29FN2O/c1-18-7-6-14-26(16-18)17-21-10-3-2-9-20(21)15-25-23(27)13-12-19-8-4-5-11-22(19)24/h2-5,8-11,18H,6-7,12-17H2,1H3,(H,25,27). The fourth-order valence-corrected chi connectivity index (χ4v) is 3.79. The molecule has 1 unspecified atom stereocenters. The lowest BCUT2D eigenvalue weighted by atomic mass is 9.99. The lowest BCUT2D eigenvalue weighted by Gasteiger charge is -2.31. The van der Waals surface area contributed by atoms with Crippen molar-refractivity contribution < 1.29 is 9.18 Å². The first kappa shape index (κ1) is 19.6. The summed E-state index contributed by atoms with van der Waals surface area (Å²) >= 11 is 0. The van der Waals surface area contributed by atoms with Crippen LogP contribution in [0.15, 0.2) is 48.5 Å². The Kier molecular flexibility index (Phi) is 6.99. The van der Waals surface area contributed by atoms with E-state index in [1.807, 2.05) is 6.07 Å². The first-order valence-electron chi connectivity index (χ1n) is 9.91. The highest BCUT2D eigenvalue weighted by atomic mass is 19.1. The second-order valence-corrected chi connectivity index (χ2v) is 7.62. The monoisotopic (exact) mass is 368 g/mol. The Hall–Kier alpha value is -2.20. The third kappa shape index (κ3) is 5.90. The highest BCUT2D eigenvalue weighted by Gasteiger charge is 2.17. The molecule has 3 rings (SSSR count). The predicted molar refractivity (Wildman–Crippen MR) is 107 cm³/mol. The van der Waals surface area contributed by atoms with Gasteiger partial charge in [0.15, 0.2) is 0 Å². The summed E-state index contributed by atoms with van der Waals surface area (Å²) in [4.78, 5) is 14.7. The molecule has 2 aromatic carbocycles. The minimum atomic E-state index is -0.244. The van der Waals surface area contributed by atoms with Crippen LogP contribution in [0.4, 0.5) is 4.39 Å². The van der Waals surface area contributed by atoms with Gasteiger partial charge in [-0.15, -0.1) is 0 Å². The second kappa shape index (κ2) is 9.65. The average Bonchev–Trinajstić information content (AvgIpc) is 2.67. The van der Waals surface area contributed by atoms with Crippen molar-refractivity contribution in [2.75, 3.05) is 13.1 Å². The van der Waals surface area contributed by atoms with E-state index in [-0.39, 0.29) is 11.7 Å². The van der Waals surface area contributed by atoms with E-state index in [9.17, 15) is 9.18 Å². The zero-order valence-corrected chi connectivity index (χ0v) is 16.1. The van der Waals surface area contributed by atoms with Crippen molar-refractivity contribution in [2.45, 2.75) is 45.7 Å². The molecule has 2 aromatic rings. The van der Waals surface area contributed by atoms with E-state index in [1.54, 1.807) is 18.2 Å². The van der Waals surface area contributed by atoms with Gasteiger partial charge in [0.25, 0.3) is 0 Å². The predicted octanol–water partition coefficient (Wildman–Crippen LogP) is 4.31. The highest BCUT2D eigenvalue weighted by molar-refractivity contribution is 5.76. The van der Waals surface area contributed by atoms with Crippen LogP contribution in [0.3, 0.4) is 0 Å². The molecule has 3 nitrogen and oxygen atoms in total. The molecule has 0 aliphatic carbocycles. The summed E-state index contributed by atoms with van der Waals surface area (Å²) in [5.41, 5.74) is 3.03. The Bertz CT molecular complexity index is 762. The molecule has 0 bridgehead atoms. The van der Waals surface area contributed by atoms with E-state index in [2.05, 4.69) is 35.3 Å². The number of likely N-dealkylation sites (tertiary alicyclic amines) is 1. The molecule has 1 amide bonds. The van der Waals surface area contributed by atoms with Crippen molar-refractivity contribution in [2.24, 2.45) is 5.92 Å². The van der Waals surface area contributed by atoms with Gasteiger partial charge in [-0.1, -0.05) is 49.4 Å². The average molecular weight is 368 g/mol. The van der Waals surface area contributed by atoms with Gasteiger partial charge in [-0.2, -0.15) is 0 Å². The Morgan fingerprint density at radius 3 is 2.56 bits per heavy atom. The van der Waals surface area contributed by atoms with E-state index in [4.69, 9.17) is 0 Å². The number of nitrogens with one attached hydrogen (secondary N) is 1. The van der Waals surface area contributed by atoms with Gasteiger partial charge in [-0.05, 0) is 54.5 Å². The number of piperidine rings is 1. The Labute approximate surface area is 161 Å². The van der Waals surface area contributed by atoms with E-state index in [0.29, 0.717) is 24.9 Å². The molecule has 1 saturated heterocycles. The van der Waals surface area contributed by atoms with E-state index in [0.717, 1.165) is 31.1 Å². The Balaban J connectivity index is 1.51. The molecule has 1 atom stereocenters. The number of hydrogen-bond acceptors (Lipinski definition) is 2. The zero-order chi connectivity index (χ0) is 19.1. The quantitative estimate of drug-likeness (QED) is 0.790. The van der Waals surface area contributed by atoms with Crippen LogP contribution >= 0.6 is 0 Å². The van der Waals surface area contributed by atoms with Crippen LogP contribution in [0.25, 0.3) is 0 Å². The maximum atomic E-state index is 13.7. The molecule has 1 N–H and O–H groups in total. The van der Waals surface area contributed by atoms with Crippen LogP contribution in [0.5, 0.6) is 0 Å². The molecule has 144 valence electrons. The molecule has 1 fully saturated rings. The van der Waals surface area contributed by atoms with Gasteiger partial charge in [-0.25, -0.2) is 4.39 Å². The van der Waals surface area contributed by atoms with Gasteiger partial charge < -0.3 is 5.32 Å². The number of benzene rings is 2. The van der Waals surface area contributed by atoms with Gasteiger partial charge in [0.1, 0.15) is 5.82 Å². The SMILES string of the molecule is CC1CCCN(Cc2ccccc2CNC(=O)CCc2ccccc2F)C1. The Morgan fingerprint density at radius 1 is 1.11 bits per heavy atom. The number of hydrogen-bond donors (Lipinski definition) is 1. The number of carbonyl (C=O) groups is 1. The fourth-order valence-electron chi connectivity index (χ4n) is 3.79. The molecular formula is C23H29FN2O. The molecule has 27 heavy (non-hydrogen) atoms. The molecule has 0 saturated carbocycles. The highest BCUT2D eigenvalue weighted by Crippen LogP contribution is 2.19. The Morgan fingerprint density at radius 2 is 1.81 bits per heavy atom. The van der Waals surface area contributed by atoms with Gasteiger partial charge in [-0.3, -0.25) is 9.69 Å². The first-order valence-corrected chi connectivity index (χ1v) is 9.91. The summed E-state index contributed by atoms with van der Waals surface area (Å²) in [7, 11) is 0. The molecule has 0 spiro atoms. The van der Waals surface area contributed by atoms with Crippen molar-refractivity contribution in [1.29, 1.82) is 0 Å². The molecule has 1 heterocycles. The number of carbonyl (C=O) groups excluding carboxylic acids is 1. The number of rotatable bonds is 7. The van der Waals surface area contributed by atoms with Gasteiger partial charge in [0.05, 0.1) is 0 Å². The summed E-state index contributed by atoms with van der Waals surface area (Å²) in [6.45, 7) is 6.06. The van der Waals surface area contributed by atoms with Crippen LogP contribution in [0, 0.1) is 11.7 Å². The van der Waals surface area contributed by atoms with E-state index in [1.165, 1.54) is 24.5 Å². The van der Waals surface area contributed by atoms with Gasteiger partial charge in [0, 0.05) is 26.1 Å². The molecule has 0 aromatic heterocycles. The lowest BCUT2D eigenvalue weighted by Crippen LogP contribution is -2.34. The molecule has 4 heteroatoms. The minimum Gasteiger partial charge on any atom is -0.352 e. The van der Waals surface area contributed by atoms with Crippen LogP contribution in [-0.4, -0.2) is 23.9 Å². The van der Waals surface area contributed by atoms with Gasteiger partial charge in [0.2, 0.25) is 5.91 Å². The van der Waals surface area contributed by atoms with E-state index >= 15 is 0 Å². The summed E-state index contributed by atoms with van der Waals surface area (Å²) in [6.07, 6.45) is 3.30. The number of halogens is 1. The van der Waals surface area contributed by atoms with Gasteiger partial charge >= 0.3 is 0 Å². The first-order chi connectivity index (χ1) is 13.1. The largest absolute Gasteiger partial charge is 0.352 e. The molecule has 1 aliphatic rings. The maximum Gasteiger partial charge on any atom is 0.220 e. The summed E-state index contributed by atoms with van der Waals surface area (Å²) in [6, 6.07) is 14.9. The number of nitrogens with zero attached hydrogens (tertiary/aromatic N) is 1. The molecule has 1 aliphatic heterocycles. The summed E-state index contributed by atoms with van der Waals surface area (Å²) in [5, 5.41) is 3.00. The topological polar surface area (TPSA) is 32.3 Å². The maximum absolute atomic E-state index is 13.7. The summed E-state index contributed by atoms with van der Waals surface area (Å²) < 4.78 is 13.7. The normalized spacial score (nSPS) is 17.6. The molecule has 0 radical (unpaired) electrons. The van der Waals surface area contributed by atoms with Crippen molar-refractivity contribution >= 4 is 5.91 Å². The van der Waals surface area contributed by atoms with E-state index < -0.39 is 0 Å². The van der Waals surface area contributed by atoms with Crippen molar-refractivity contribution in [3.63, 3.8) is 0 Å². The third-order valence-corrected chi connectivity index (χ3v) is 5.31. The molecular weight excluding hydrogens is 339 g/mol. The summed E-state index contributed by atoms with van der Waals surface area (Å²) in [5.74, 6) is 0.468. The fraction of sp³-hybridized carbons (Fsp3) is 0.435. The second-order valence-electron chi connectivity index (χ2n) is 7.62. The van der Waals surface area contributed by atoms with Crippen molar-refractivity contribution in [1.82, 2.24) is 10.2 Å². The third-order valence-electron chi connectivity index (χ3n) is 5.31. The lowest BCUT2D eigenvalue weighted by molar-refractivity contribution is -0.121. The van der Waals surface area contributed by atoms with Crippen LogP contribution in [-0.2, 0) is 24.3 Å². The number of aryl methyl sites for hydroxylation is 1. The van der Waals surface area contributed by atoms with Crippen LogP contribution in [0.1, 0.15) is 42.9 Å². The van der Waals surface area contributed by atoms with Crippen molar-refractivity contribution in [3.8, 4) is 0 Å². The number of amides is 1. The minimum absolute atomic E-state index is 0.0420. The zero-order valence-electron chi connectivity index (χ0n) is 16.1. The van der Waals surface area contributed by atoms with Crippen LogP contribution < -0.4 is 5.32 Å². The van der Waals surface area contributed by atoms with Crippen molar-refractivity contribution in [3.05, 3.63) is 71.0 Å². The smallest absolute Gasteiger partial charge is 0.220 e. The van der Waals surface area contributed by atoms with Crippen LogP contribution in [0.2, 0.25) is 0 Å².